The van der Waals surface area contributed by atoms with E-state index >= 15 is 0 Å². The summed E-state index contributed by atoms with van der Waals surface area (Å²) in [5.41, 5.74) is 1.87. The first-order valence-corrected chi connectivity index (χ1v) is 5.11. The Bertz CT molecular complexity index is 495. The predicted octanol–water partition coefficient (Wildman–Crippen LogP) is 2.03. The molecule has 0 amide bonds. The first-order chi connectivity index (χ1) is 7.83. The summed E-state index contributed by atoms with van der Waals surface area (Å²) in [6, 6.07) is 16.2. The predicted molar refractivity (Wildman–Crippen MR) is 68.0 cm³/mol. The zero-order valence-electron chi connectivity index (χ0n) is 9.76. The molecular formula is C14H12NaO2. The minimum atomic E-state index is -0.116. The van der Waals surface area contributed by atoms with E-state index in [2.05, 4.69) is 0 Å². The van der Waals surface area contributed by atoms with E-state index in [1.54, 1.807) is 30.3 Å². The number of hydrogen-bond donors (Lipinski definition) is 1. The molecule has 0 spiro atoms. The molecule has 0 saturated carbocycles. The Morgan fingerprint density at radius 3 is 2.18 bits per heavy atom. The maximum Gasteiger partial charge on any atom is 0.193 e. The van der Waals surface area contributed by atoms with Crippen LogP contribution in [0.25, 0.3) is 0 Å². The van der Waals surface area contributed by atoms with E-state index in [0.717, 1.165) is 0 Å². The fourth-order valence-electron chi connectivity index (χ4n) is 1.62. The standard InChI is InChI=1S/C14H12O2.Na/c15-10-12-8-4-5-9-13(12)14(16)11-6-2-1-3-7-11;/h1-9,15H,10H2;. The number of ketones is 1. The van der Waals surface area contributed by atoms with Gasteiger partial charge in [0.25, 0.3) is 0 Å². The second kappa shape index (κ2) is 6.72. The second-order valence-electron chi connectivity index (χ2n) is 3.51. The number of aliphatic hydroxyl groups is 1. The third-order valence-corrected chi connectivity index (χ3v) is 2.47. The van der Waals surface area contributed by atoms with Crippen LogP contribution in [-0.2, 0) is 6.61 Å². The molecule has 2 nitrogen and oxygen atoms in total. The summed E-state index contributed by atoms with van der Waals surface area (Å²) in [6.07, 6.45) is 0. The van der Waals surface area contributed by atoms with Crippen LogP contribution in [0.15, 0.2) is 54.6 Å². The second-order valence-corrected chi connectivity index (χ2v) is 3.51. The van der Waals surface area contributed by atoms with Gasteiger partial charge in [0.2, 0.25) is 0 Å². The van der Waals surface area contributed by atoms with E-state index in [1.807, 2.05) is 24.3 Å². The van der Waals surface area contributed by atoms with Crippen LogP contribution in [0.2, 0.25) is 0 Å². The molecule has 0 aliphatic carbocycles. The molecule has 0 heterocycles. The van der Waals surface area contributed by atoms with Gasteiger partial charge >= 0.3 is 0 Å². The van der Waals surface area contributed by atoms with Crippen LogP contribution < -0.4 is 0 Å². The van der Waals surface area contributed by atoms with Crippen molar-refractivity contribution in [2.45, 2.75) is 6.61 Å². The molecule has 0 unspecified atom stereocenters. The van der Waals surface area contributed by atoms with Gasteiger partial charge in [-0.1, -0.05) is 54.6 Å². The molecule has 17 heavy (non-hydrogen) atoms. The van der Waals surface area contributed by atoms with Gasteiger partial charge in [0.1, 0.15) is 0 Å². The largest absolute Gasteiger partial charge is 0.392 e. The summed E-state index contributed by atoms with van der Waals surface area (Å²) in [5, 5.41) is 9.16. The molecule has 2 aromatic carbocycles. The Hall–Kier alpha value is -0.930. The Balaban J connectivity index is 0.00000144. The summed E-state index contributed by atoms with van der Waals surface area (Å²) in [5.74, 6) is -0.0507. The summed E-state index contributed by atoms with van der Waals surface area (Å²) < 4.78 is 0. The zero-order chi connectivity index (χ0) is 11.4. The molecule has 3 heteroatoms. The van der Waals surface area contributed by atoms with Crippen molar-refractivity contribution >= 4 is 35.3 Å². The van der Waals surface area contributed by atoms with Crippen LogP contribution in [0.3, 0.4) is 0 Å². The molecule has 0 fully saturated rings. The number of benzene rings is 2. The van der Waals surface area contributed by atoms with Crippen molar-refractivity contribution in [1.82, 2.24) is 0 Å². The molecule has 2 rings (SSSR count). The van der Waals surface area contributed by atoms with Crippen molar-refractivity contribution in [2.24, 2.45) is 0 Å². The molecule has 0 saturated heterocycles. The smallest absolute Gasteiger partial charge is 0.193 e. The van der Waals surface area contributed by atoms with Gasteiger partial charge in [0.05, 0.1) is 6.61 Å². The average molecular weight is 235 g/mol. The minimum absolute atomic E-state index is 0. The van der Waals surface area contributed by atoms with Crippen molar-refractivity contribution in [3.63, 3.8) is 0 Å². The van der Waals surface area contributed by atoms with E-state index < -0.39 is 0 Å². The van der Waals surface area contributed by atoms with Crippen LogP contribution in [-0.4, -0.2) is 40.4 Å². The van der Waals surface area contributed by atoms with Crippen LogP contribution in [0.1, 0.15) is 21.5 Å². The molecule has 0 aliphatic heterocycles. The van der Waals surface area contributed by atoms with Crippen LogP contribution >= 0.6 is 0 Å². The fraction of sp³-hybridized carbons (Fsp3) is 0.0714. The number of hydrogen-bond acceptors (Lipinski definition) is 2. The molecule has 2 aromatic rings. The fourth-order valence-corrected chi connectivity index (χ4v) is 1.62. The maximum absolute atomic E-state index is 12.1. The monoisotopic (exact) mass is 235 g/mol. The summed E-state index contributed by atoms with van der Waals surface area (Å²) in [7, 11) is 0. The molecule has 0 atom stereocenters. The number of carbonyl (C=O) groups excluding carboxylic acids is 1. The van der Waals surface area contributed by atoms with Gasteiger partial charge in [-0.15, -0.1) is 0 Å². The van der Waals surface area contributed by atoms with Crippen molar-refractivity contribution in [1.29, 1.82) is 0 Å². The maximum atomic E-state index is 12.1. The van der Waals surface area contributed by atoms with E-state index in [0.29, 0.717) is 16.7 Å². The quantitative estimate of drug-likeness (QED) is 0.653. The Morgan fingerprint density at radius 1 is 0.941 bits per heavy atom. The number of aliphatic hydroxyl groups excluding tert-OH is 1. The van der Waals surface area contributed by atoms with Gasteiger partial charge in [-0.05, 0) is 5.56 Å². The molecule has 1 N–H and O–H groups in total. The van der Waals surface area contributed by atoms with Crippen LogP contribution in [0, 0.1) is 0 Å². The van der Waals surface area contributed by atoms with Crippen molar-refractivity contribution < 1.29 is 9.90 Å². The normalized spacial score (nSPS) is 9.47. The molecule has 1 radical (unpaired) electrons. The number of carbonyl (C=O) groups is 1. The van der Waals surface area contributed by atoms with Gasteiger partial charge in [-0.3, -0.25) is 4.79 Å². The van der Waals surface area contributed by atoms with Gasteiger partial charge < -0.3 is 5.11 Å². The van der Waals surface area contributed by atoms with Gasteiger partial charge in [-0.2, -0.15) is 0 Å². The summed E-state index contributed by atoms with van der Waals surface area (Å²) >= 11 is 0. The number of rotatable bonds is 3. The van der Waals surface area contributed by atoms with Crippen molar-refractivity contribution in [3.05, 3.63) is 71.3 Å². The van der Waals surface area contributed by atoms with E-state index in [-0.39, 0.29) is 41.9 Å². The molecule has 0 aromatic heterocycles. The molecular weight excluding hydrogens is 223 g/mol. The van der Waals surface area contributed by atoms with Gasteiger partial charge in [0.15, 0.2) is 5.78 Å². The van der Waals surface area contributed by atoms with Crippen LogP contribution in [0.5, 0.6) is 0 Å². The summed E-state index contributed by atoms with van der Waals surface area (Å²) in [4.78, 5) is 12.1. The van der Waals surface area contributed by atoms with Gasteiger partial charge in [-0.25, -0.2) is 0 Å². The van der Waals surface area contributed by atoms with E-state index in [4.69, 9.17) is 5.11 Å². The van der Waals surface area contributed by atoms with E-state index in [9.17, 15) is 4.79 Å². The SMILES string of the molecule is O=C(c1ccccc1)c1ccccc1CO.[Na]. The minimum Gasteiger partial charge on any atom is -0.392 e. The average Bonchev–Trinajstić information content (AvgIpc) is 2.39. The molecule has 0 aliphatic rings. The van der Waals surface area contributed by atoms with Gasteiger partial charge in [0, 0.05) is 40.7 Å². The Labute approximate surface area is 123 Å². The molecule has 81 valence electrons. The topological polar surface area (TPSA) is 37.3 Å². The Kier molecular flexibility index (Phi) is 5.59. The first kappa shape index (κ1) is 14.1. The van der Waals surface area contributed by atoms with E-state index in [1.165, 1.54) is 0 Å². The van der Waals surface area contributed by atoms with Crippen molar-refractivity contribution in [2.75, 3.05) is 0 Å². The first-order valence-electron chi connectivity index (χ1n) is 5.11. The molecule has 0 bridgehead atoms. The third kappa shape index (κ3) is 3.27. The summed E-state index contributed by atoms with van der Waals surface area (Å²) in [6.45, 7) is -0.116. The van der Waals surface area contributed by atoms with Crippen molar-refractivity contribution in [3.8, 4) is 0 Å². The Morgan fingerprint density at radius 2 is 1.53 bits per heavy atom. The third-order valence-electron chi connectivity index (χ3n) is 2.47. The zero-order valence-corrected chi connectivity index (χ0v) is 11.8. The van der Waals surface area contributed by atoms with Crippen LogP contribution in [0.4, 0.5) is 0 Å².